The molecule has 3 radical (unpaired) electrons. The van der Waals surface area contributed by atoms with Crippen LogP contribution in [0.2, 0.25) is 0 Å². The quantitative estimate of drug-likeness (QED) is 0.0480. The fraction of sp³-hybridized carbons (Fsp3) is 0.411. The number of hydrogen-bond acceptors (Lipinski definition) is 7. The lowest BCUT2D eigenvalue weighted by molar-refractivity contribution is -0.174. The molecule has 0 saturated carbocycles. The molecule has 4 aliphatic rings. The standard InChI is InChI=1S/C21H22F3NO2.C21H20F3NO2.C20H22O.C19H21NO.4C2H6.CH4.B.H2/c2*1-3-13-10-12(2)4-7-17(13)19(26)15-5-8-16-14(11-15)6-9-18(16)25-20(27)21(22,23)24;1-4-15-11-13(2)5-9-19(15)20(21)17-8-10-18-14(3)6-7-16(18)12-17;1-3-13-10-12(2)4-7-17(13)19(21)15-5-8-16-14(11-15)6-9-18(16)20;4*1-2;;;/h4-5,7-8,10-11,18-19,26H,3,6,9H2,1-2H3,(H,25,27);4-5,7-8,10-11,18H,3,6,9H2,1-2H3,(H,25,27);5,8-12,14H,4,6-7H2,1-3H3;4-5,7-8,10-11,18H,3,6,9,20H2,1-2H3;4*1-2H3;1H4;;1H/i;;;;;;;;;;1+1. The van der Waals surface area contributed by atoms with E-state index in [0.717, 1.165) is 117 Å². The van der Waals surface area contributed by atoms with E-state index in [1.165, 1.54) is 39.8 Å². The minimum Gasteiger partial charge on any atom is -0.384 e. The third-order valence-corrected chi connectivity index (χ3v) is 19.1. The molecule has 9 nitrogen and oxygen atoms in total. The van der Waals surface area contributed by atoms with Gasteiger partial charge in [-0.25, -0.2) is 0 Å². The van der Waals surface area contributed by atoms with Gasteiger partial charge in [0, 0.05) is 49.3 Å². The molecule has 12 rings (SSSR count). The van der Waals surface area contributed by atoms with Crippen LogP contribution < -0.4 is 16.4 Å². The van der Waals surface area contributed by atoms with Crippen LogP contribution in [0, 0.1) is 27.7 Å². The highest BCUT2D eigenvalue weighted by Gasteiger charge is 2.42. The van der Waals surface area contributed by atoms with E-state index in [0.29, 0.717) is 59.4 Å². The highest BCUT2D eigenvalue weighted by atomic mass is 19.4. The van der Waals surface area contributed by atoms with E-state index in [1.807, 2.05) is 173 Å². The van der Waals surface area contributed by atoms with Crippen LogP contribution in [0.1, 0.15) is 303 Å². The van der Waals surface area contributed by atoms with Crippen molar-refractivity contribution in [3.8, 4) is 0 Å². The molecule has 0 saturated heterocycles. The van der Waals surface area contributed by atoms with E-state index in [2.05, 4.69) is 70.3 Å². The van der Waals surface area contributed by atoms with Crippen molar-refractivity contribution in [2.45, 2.75) is 245 Å². The van der Waals surface area contributed by atoms with Gasteiger partial charge >= 0.3 is 24.2 Å². The fourth-order valence-corrected chi connectivity index (χ4v) is 13.8. The van der Waals surface area contributed by atoms with E-state index >= 15 is 0 Å². The van der Waals surface area contributed by atoms with Crippen molar-refractivity contribution in [3.63, 3.8) is 0 Å². The number of fused-ring (bicyclic) bond motifs is 4. The third-order valence-electron chi connectivity index (χ3n) is 19.1. The molecule has 0 heterocycles. The zero-order valence-electron chi connectivity index (χ0n) is 64.6. The lowest BCUT2D eigenvalue weighted by Gasteiger charge is -2.18. The van der Waals surface area contributed by atoms with E-state index in [9.17, 15) is 55.4 Å². The number of ketones is 3. The molecule has 8 aromatic rings. The number of rotatable bonds is 14. The van der Waals surface area contributed by atoms with Gasteiger partial charge in [-0.05, 0) is 207 Å². The maximum absolute atomic E-state index is 12.9. The zero-order chi connectivity index (χ0) is 77.5. The van der Waals surface area contributed by atoms with E-state index < -0.39 is 42.4 Å². The maximum atomic E-state index is 12.9. The largest absolute Gasteiger partial charge is 0.471 e. The van der Waals surface area contributed by atoms with Crippen molar-refractivity contribution in [2.24, 2.45) is 5.73 Å². The number of aliphatic hydroxyl groups excluding tert-OH is 1. The molecule has 0 bridgehead atoms. The first-order chi connectivity index (χ1) is 49.6. The molecule has 4 aliphatic carbocycles. The number of nitrogens with two attached hydrogens (primary N) is 1. The molecule has 5 N–H and O–H groups in total. The number of aryl methyl sites for hydroxylation is 12. The van der Waals surface area contributed by atoms with Gasteiger partial charge in [0.05, 0.1) is 12.1 Å². The Bertz CT molecular complexity index is 4140. The van der Waals surface area contributed by atoms with Crippen molar-refractivity contribution in [1.82, 2.24) is 10.6 Å². The number of halogens is 6. The van der Waals surface area contributed by atoms with Crippen LogP contribution in [-0.4, -0.2) is 55.0 Å². The molecule has 571 valence electrons. The maximum Gasteiger partial charge on any atom is 0.471 e. The van der Waals surface area contributed by atoms with Gasteiger partial charge in [-0.1, -0.05) is 247 Å². The normalized spacial score (nSPS) is 15.4. The van der Waals surface area contributed by atoms with Crippen molar-refractivity contribution in [1.29, 1.82) is 0 Å². The van der Waals surface area contributed by atoms with E-state index in [1.54, 1.807) is 30.3 Å². The summed E-state index contributed by atoms with van der Waals surface area (Å²) < 4.78 is 74.9. The first kappa shape index (κ1) is 91.5. The molecular formula is C90H115BF6N3O6. The number of nitrogens with one attached hydrogen (secondary N) is 2. The van der Waals surface area contributed by atoms with Crippen LogP contribution in [0.4, 0.5) is 26.3 Å². The summed E-state index contributed by atoms with van der Waals surface area (Å²) in [5, 5.41) is 14.9. The first-order valence-corrected chi connectivity index (χ1v) is 37.3. The Kier molecular flexibility index (Phi) is 36.7. The number of carbonyl (C=O) groups excluding carboxylic acids is 5. The smallest absolute Gasteiger partial charge is 0.384 e. The van der Waals surface area contributed by atoms with Gasteiger partial charge in [0.25, 0.3) is 0 Å². The third kappa shape index (κ3) is 23.1. The summed E-state index contributed by atoms with van der Waals surface area (Å²) in [6.45, 7) is 34.6. The van der Waals surface area contributed by atoms with Crippen molar-refractivity contribution >= 4 is 37.6 Å². The Labute approximate surface area is 631 Å². The molecule has 0 fully saturated rings. The van der Waals surface area contributed by atoms with Crippen LogP contribution in [0.25, 0.3) is 0 Å². The predicted molar refractivity (Wildman–Crippen MR) is 425 cm³/mol. The summed E-state index contributed by atoms with van der Waals surface area (Å²) in [5.41, 5.74) is 29.2. The zero-order valence-corrected chi connectivity index (χ0v) is 64.6. The summed E-state index contributed by atoms with van der Waals surface area (Å²) >= 11 is 0. The fourth-order valence-electron chi connectivity index (χ4n) is 13.8. The van der Waals surface area contributed by atoms with Gasteiger partial charge < -0.3 is 21.5 Å². The number of aliphatic hydroxyl groups is 1. The van der Waals surface area contributed by atoms with Crippen molar-refractivity contribution < 1.29 is 56.8 Å². The summed E-state index contributed by atoms with van der Waals surface area (Å²) in [5.74, 6) is -3.04. The van der Waals surface area contributed by atoms with E-state index in [4.69, 9.17) is 5.73 Å². The Balaban J connectivity index is 0.000000467. The van der Waals surface area contributed by atoms with Crippen LogP contribution in [0.5, 0.6) is 0 Å². The molecule has 8 aromatic carbocycles. The Morgan fingerprint density at radius 1 is 0.434 bits per heavy atom. The van der Waals surface area contributed by atoms with Crippen molar-refractivity contribution in [3.05, 3.63) is 279 Å². The Hall–Kier alpha value is -8.73. The average molecular weight is 1460 g/mol. The van der Waals surface area contributed by atoms with Crippen LogP contribution >= 0.6 is 0 Å². The van der Waals surface area contributed by atoms with Gasteiger partial charge in [-0.15, -0.1) is 0 Å². The summed E-state index contributed by atoms with van der Waals surface area (Å²) in [7, 11) is 0. The lowest BCUT2D eigenvalue weighted by Crippen LogP contribution is -2.38. The lowest BCUT2D eigenvalue weighted by atomic mass is 9.92. The number of carbonyl (C=O) groups is 5. The average Bonchev–Trinajstić information content (AvgIpc) is 1.76. The van der Waals surface area contributed by atoms with Gasteiger partial charge in [0.15, 0.2) is 17.3 Å². The molecule has 5 unspecified atom stereocenters. The van der Waals surface area contributed by atoms with Gasteiger partial charge in [0.1, 0.15) is 6.10 Å². The molecule has 0 aliphatic heterocycles. The molecule has 5 atom stereocenters. The summed E-state index contributed by atoms with van der Waals surface area (Å²) in [4.78, 5) is 60.9. The van der Waals surface area contributed by atoms with Crippen LogP contribution in [-0.2, 0) is 61.0 Å². The Morgan fingerprint density at radius 3 is 1.13 bits per heavy atom. The first-order valence-electron chi connectivity index (χ1n) is 37.3. The summed E-state index contributed by atoms with van der Waals surface area (Å²) in [6, 6.07) is 45.2. The molecular weight excluding hydrogens is 1340 g/mol. The minimum atomic E-state index is -4.90. The number of benzene rings is 8. The molecule has 0 spiro atoms. The SMILES string of the molecule is C.CC.CC.CC.CC.CCc1cc(C)ccc1C(=O)c1ccc2c(c1)CCC2C.CCc1cc(C)ccc1C(=O)c1ccc2c(c1)CCC2N.CCc1cc(C)ccc1C(=O)c1ccc2c(c1)CCC2NC(=O)C(F)(F)F.CCc1cc(C)ccc1C(O)c1ccc2c(c1)CCC2NC(=O)C(F)(F)F.[2HH].[B]. The molecule has 2 amide bonds. The second-order valence-electron chi connectivity index (χ2n) is 25.9. The van der Waals surface area contributed by atoms with Gasteiger partial charge in [0.2, 0.25) is 0 Å². The van der Waals surface area contributed by atoms with Gasteiger partial charge in [-0.3, -0.25) is 24.0 Å². The van der Waals surface area contributed by atoms with Gasteiger partial charge in [-0.2, -0.15) is 26.3 Å². The minimum absolute atomic E-state index is 0. The van der Waals surface area contributed by atoms with Crippen LogP contribution in [0.15, 0.2) is 146 Å². The molecule has 0 aromatic heterocycles. The Morgan fingerprint density at radius 2 is 0.745 bits per heavy atom. The number of hydrogen-bond donors (Lipinski definition) is 4. The van der Waals surface area contributed by atoms with E-state index in [-0.39, 0.29) is 40.7 Å². The molecule has 106 heavy (non-hydrogen) atoms. The highest BCUT2D eigenvalue weighted by Crippen LogP contribution is 2.39. The molecule has 16 heteroatoms. The van der Waals surface area contributed by atoms with Crippen molar-refractivity contribution in [2.75, 3.05) is 0 Å². The predicted octanol–water partition coefficient (Wildman–Crippen LogP) is 21.9. The second kappa shape index (κ2) is 42.6. The number of amides is 2. The number of alkyl halides is 6. The van der Waals surface area contributed by atoms with Crippen LogP contribution in [0.3, 0.4) is 0 Å². The second-order valence-corrected chi connectivity index (χ2v) is 25.9. The monoisotopic (exact) mass is 1460 g/mol. The highest BCUT2D eigenvalue weighted by molar-refractivity contribution is 6.11. The topological polar surface area (TPSA) is 156 Å². The summed E-state index contributed by atoms with van der Waals surface area (Å²) in [6.07, 6.45) is -1.13.